The molecule has 0 atom stereocenters. The number of hydrogen-bond acceptors (Lipinski definition) is 5. The summed E-state index contributed by atoms with van der Waals surface area (Å²) in [7, 11) is 0. The maximum Gasteiger partial charge on any atom is 0.226 e. The highest BCUT2D eigenvalue weighted by Crippen LogP contribution is 2.19. The van der Waals surface area contributed by atoms with Crippen molar-refractivity contribution in [1.82, 2.24) is 10.2 Å². The molecule has 5 nitrogen and oxygen atoms in total. The van der Waals surface area contributed by atoms with Crippen LogP contribution in [0.15, 0.2) is 18.2 Å². The fourth-order valence-corrected chi connectivity index (χ4v) is 2.51. The predicted molar refractivity (Wildman–Crippen MR) is 83.9 cm³/mol. The molecule has 0 spiro atoms. The van der Waals surface area contributed by atoms with E-state index in [4.69, 9.17) is 4.74 Å². The van der Waals surface area contributed by atoms with Crippen molar-refractivity contribution in [2.24, 2.45) is 0 Å². The van der Waals surface area contributed by atoms with Gasteiger partial charge in [-0.3, -0.25) is 4.79 Å². The monoisotopic (exact) mass is 305 g/mol. The van der Waals surface area contributed by atoms with Crippen LogP contribution in [0.5, 0.6) is 5.75 Å². The lowest BCUT2D eigenvalue weighted by Gasteiger charge is -2.09. The van der Waals surface area contributed by atoms with Gasteiger partial charge in [-0.25, -0.2) is 0 Å². The highest BCUT2D eigenvalue weighted by atomic mass is 32.1. The molecule has 1 heterocycles. The molecule has 0 unspecified atom stereocenters. The molecule has 1 amide bonds. The minimum Gasteiger partial charge on any atom is -0.493 e. The molecule has 1 N–H and O–H groups in total. The molecule has 0 aliphatic carbocycles. The van der Waals surface area contributed by atoms with Crippen LogP contribution >= 0.6 is 11.3 Å². The van der Waals surface area contributed by atoms with Gasteiger partial charge in [0.05, 0.1) is 6.61 Å². The molecule has 0 aliphatic rings. The number of nitrogens with zero attached hydrogens (tertiary/aromatic N) is 2. The summed E-state index contributed by atoms with van der Waals surface area (Å²) in [5.41, 5.74) is 2.33. The average molecular weight is 305 g/mol. The van der Waals surface area contributed by atoms with Crippen molar-refractivity contribution in [2.75, 3.05) is 11.9 Å². The van der Waals surface area contributed by atoms with E-state index in [9.17, 15) is 4.79 Å². The highest BCUT2D eigenvalue weighted by Gasteiger charge is 2.06. The Hall–Kier alpha value is -1.95. The third-order valence-corrected chi connectivity index (χ3v) is 3.66. The first-order chi connectivity index (χ1) is 10.0. The van der Waals surface area contributed by atoms with Gasteiger partial charge in [-0.05, 0) is 38.8 Å². The van der Waals surface area contributed by atoms with Crippen molar-refractivity contribution in [3.8, 4) is 5.75 Å². The van der Waals surface area contributed by atoms with Crippen molar-refractivity contribution < 1.29 is 9.53 Å². The van der Waals surface area contributed by atoms with Crippen LogP contribution in [0.4, 0.5) is 5.13 Å². The van der Waals surface area contributed by atoms with Gasteiger partial charge in [0, 0.05) is 6.42 Å². The van der Waals surface area contributed by atoms with Gasteiger partial charge in [-0.2, -0.15) is 0 Å². The lowest BCUT2D eigenvalue weighted by Crippen LogP contribution is -2.12. The van der Waals surface area contributed by atoms with Crippen LogP contribution in [0.2, 0.25) is 0 Å². The van der Waals surface area contributed by atoms with Crippen LogP contribution in [0.25, 0.3) is 0 Å². The number of benzene rings is 1. The molecule has 0 aliphatic heterocycles. The molecule has 0 saturated heterocycles. The minimum absolute atomic E-state index is 0.0598. The molecule has 21 heavy (non-hydrogen) atoms. The molecule has 112 valence electrons. The molecule has 1 aromatic carbocycles. The molecule has 0 radical (unpaired) electrons. The molecular formula is C15H19N3O2S. The van der Waals surface area contributed by atoms with Gasteiger partial charge in [0.1, 0.15) is 10.8 Å². The maximum absolute atomic E-state index is 11.7. The number of hydrogen-bond donors (Lipinski definition) is 1. The Kier molecular flexibility index (Phi) is 5.27. The fraction of sp³-hybridized carbons (Fsp3) is 0.400. The van der Waals surface area contributed by atoms with E-state index < -0.39 is 0 Å². The lowest BCUT2D eigenvalue weighted by atomic mass is 10.1. The van der Waals surface area contributed by atoms with Crippen LogP contribution in [-0.4, -0.2) is 22.7 Å². The number of ether oxygens (including phenoxy) is 1. The zero-order valence-electron chi connectivity index (χ0n) is 12.5. The van der Waals surface area contributed by atoms with Crippen molar-refractivity contribution in [1.29, 1.82) is 0 Å². The number of rotatable bonds is 6. The SMILES string of the molecule is Cc1ccc(OCCCC(=O)Nc2nnc(C)s2)c(C)c1. The zero-order chi connectivity index (χ0) is 15.2. The molecule has 2 aromatic rings. The summed E-state index contributed by atoms with van der Waals surface area (Å²) in [6.45, 7) is 6.45. The van der Waals surface area contributed by atoms with Crippen molar-refractivity contribution in [3.63, 3.8) is 0 Å². The zero-order valence-corrected chi connectivity index (χ0v) is 13.3. The van der Waals surface area contributed by atoms with E-state index in [2.05, 4.69) is 28.5 Å². The van der Waals surface area contributed by atoms with Gasteiger partial charge in [0.25, 0.3) is 0 Å². The summed E-state index contributed by atoms with van der Waals surface area (Å²) < 4.78 is 5.69. The van der Waals surface area contributed by atoms with E-state index >= 15 is 0 Å². The first kappa shape index (κ1) is 15.4. The minimum atomic E-state index is -0.0598. The quantitative estimate of drug-likeness (QED) is 0.832. The first-order valence-electron chi connectivity index (χ1n) is 6.84. The number of carbonyl (C=O) groups excluding carboxylic acids is 1. The van der Waals surface area contributed by atoms with E-state index in [0.717, 1.165) is 16.3 Å². The molecule has 1 aromatic heterocycles. The third-order valence-electron chi connectivity index (χ3n) is 2.91. The number of nitrogens with one attached hydrogen (secondary N) is 1. The largest absolute Gasteiger partial charge is 0.493 e. The summed E-state index contributed by atoms with van der Waals surface area (Å²) in [6.07, 6.45) is 1.07. The van der Waals surface area contributed by atoms with Gasteiger partial charge >= 0.3 is 0 Å². The van der Waals surface area contributed by atoms with Crippen LogP contribution < -0.4 is 10.1 Å². The normalized spacial score (nSPS) is 10.4. The second-order valence-corrected chi connectivity index (χ2v) is 6.08. The van der Waals surface area contributed by atoms with E-state index in [1.54, 1.807) is 0 Å². The topological polar surface area (TPSA) is 64.1 Å². The maximum atomic E-state index is 11.7. The van der Waals surface area contributed by atoms with E-state index in [1.165, 1.54) is 16.9 Å². The average Bonchev–Trinajstić information content (AvgIpc) is 2.82. The Morgan fingerprint density at radius 2 is 2.10 bits per heavy atom. The molecule has 2 rings (SSSR count). The molecule has 0 saturated carbocycles. The first-order valence-corrected chi connectivity index (χ1v) is 7.66. The summed E-state index contributed by atoms with van der Waals surface area (Å²) in [6, 6.07) is 6.07. The second-order valence-electron chi connectivity index (χ2n) is 4.90. The summed E-state index contributed by atoms with van der Waals surface area (Å²) in [4.78, 5) is 11.7. The Labute approximate surface area is 128 Å². The van der Waals surface area contributed by atoms with Gasteiger partial charge < -0.3 is 10.1 Å². The van der Waals surface area contributed by atoms with Gasteiger partial charge in [-0.1, -0.05) is 29.0 Å². The number of carbonyl (C=O) groups is 1. The fourth-order valence-electron chi connectivity index (χ4n) is 1.90. The van der Waals surface area contributed by atoms with Crippen LogP contribution in [0.3, 0.4) is 0 Å². The van der Waals surface area contributed by atoms with Crippen molar-refractivity contribution in [2.45, 2.75) is 33.6 Å². The summed E-state index contributed by atoms with van der Waals surface area (Å²) in [5.74, 6) is 0.816. The van der Waals surface area contributed by atoms with Crippen LogP contribution in [0.1, 0.15) is 29.0 Å². The Balaban J connectivity index is 1.70. The van der Waals surface area contributed by atoms with E-state index in [0.29, 0.717) is 24.6 Å². The van der Waals surface area contributed by atoms with E-state index in [1.807, 2.05) is 26.0 Å². The van der Waals surface area contributed by atoms with E-state index in [-0.39, 0.29) is 5.91 Å². The Bertz CT molecular complexity index is 625. The Morgan fingerprint density at radius 3 is 2.76 bits per heavy atom. The standard InChI is InChI=1S/C15H19N3O2S/c1-10-6-7-13(11(2)9-10)20-8-4-5-14(19)16-15-18-17-12(3)21-15/h6-7,9H,4-5,8H2,1-3H3,(H,16,18,19). The van der Waals surface area contributed by atoms with Gasteiger partial charge in [-0.15, -0.1) is 10.2 Å². The van der Waals surface area contributed by atoms with Gasteiger partial charge in [0.2, 0.25) is 11.0 Å². The lowest BCUT2D eigenvalue weighted by molar-refractivity contribution is -0.116. The highest BCUT2D eigenvalue weighted by molar-refractivity contribution is 7.15. The van der Waals surface area contributed by atoms with Crippen molar-refractivity contribution in [3.05, 3.63) is 34.3 Å². The number of aromatic nitrogens is 2. The second kappa shape index (κ2) is 7.17. The van der Waals surface area contributed by atoms with Crippen LogP contribution in [0, 0.1) is 20.8 Å². The molecule has 6 heteroatoms. The molecular weight excluding hydrogens is 286 g/mol. The summed E-state index contributed by atoms with van der Waals surface area (Å²) >= 11 is 1.37. The smallest absolute Gasteiger partial charge is 0.226 e. The molecule has 0 bridgehead atoms. The molecule has 0 fully saturated rings. The summed E-state index contributed by atoms with van der Waals surface area (Å²) in [5, 5.41) is 11.8. The Morgan fingerprint density at radius 1 is 1.29 bits per heavy atom. The van der Waals surface area contributed by atoms with Crippen LogP contribution in [-0.2, 0) is 4.79 Å². The predicted octanol–water partition coefficient (Wildman–Crippen LogP) is 3.26. The number of amides is 1. The number of aryl methyl sites for hydroxylation is 3. The third kappa shape index (κ3) is 4.82. The van der Waals surface area contributed by atoms with Crippen molar-refractivity contribution >= 4 is 22.4 Å². The van der Waals surface area contributed by atoms with Gasteiger partial charge in [0.15, 0.2) is 0 Å². The number of anilines is 1.